The van der Waals surface area contributed by atoms with E-state index in [1.54, 1.807) is 24.3 Å². The molecule has 3 heterocycles. The summed E-state index contributed by atoms with van der Waals surface area (Å²) in [6, 6.07) is 6.05. The molecule has 7 nitrogen and oxygen atoms in total. The number of Topliss-reactive ketones (excluding diaryl/α,β-unsaturated/α-hetero) is 1. The highest BCUT2D eigenvalue weighted by Gasteiger charge is 2.44. The number of carbonyl (C=O) groups excluding carboxylic acids is 1. The molecular formula is C14H12N2O5. The van der Waals surface area contributed by atoms with Crippen LogP contribution in [-0.4, -0.2) is 34.6 Å². The average Bonchev–Trinajstić information content (AvgIpc) is 2.93. The van der Waals surface area contributed by atoms with Crippen molar-refractivity contribution in [1.82, 2.24) is 9.78 Å². The van der Waals surface area contributed by atoms with E-state index >= 15 is 0 Å². The van der Waals surface area contributed by atoms with E-state index in [4.69, 9.17) is 9.47 Å². The van der Waals surface area contributed by atoms with Crippen molar-refractivity contribution in [1.29, 1.82) is 0 Å². The van der Waals surface area contributed by atoms with Crippen LogP contribution >= 0.6 is 0 Å². The van der Waals surface area contributed by atoms with Crippen LogP contribution in [-0.2, 0) is 14.3 Å². The first kappa shape index (κ1) is 12.5. The zero-order valence-electron chi connectivity index (χ0n) is 10.9. The fraction of sp³-hybridized carbons (Fsp3) is 0.357. The molecular weight excluding hydrogens is 276 g/mol. The third-order valence-corrected chi connectivity index (χ3v) is 3.99. The quantitative estimate of drug-likeness (QED) is 0.794. The van der Waals surface area contributed by atoms with Crippen LogP contribution in [0.2, 0.25) is 0 Å². The van der Waals surface area contributed by atoms with Gasteiger partial charge in [-0.25, -0.2) is 4.68 Å². The van der Waals surface area contributed by atoms with Crippen molar-refractivity contribution in [2.75, 3.05) is 6.61 Å². The molecule has 1 aromatic carbocycles. The molecule has 3 atom stereocenters. The number of benzene rings is 1. The number of hydrogen-bond acceptors (Lipinski definition) is 5. The van der Waals surface area contributed by atoms with E-state index in [0.29, 0.717) is 10.8 Å². The van der Waals surface area contributed by atoms with E-state index in [-0.39, 0.29) is 29.9 Å². The molecule has 1 N–H and O–H groups in total. The Morgan fingerprint density at radius 3 is 2.71 bits per heavy atom. The van der Waals surface area contributed by atoms with Gasteiger partial charge in [0.1, 0.15) is 6.10 Å². The first-order chi connectivity index (χ1) is 10.1. The van der Waals surface area contributed by atoms with Crippen LogP contribution in [0.5, 0.6) is 0 Å². The Bertz CT molecular complexity index is 852. The number of aromatic nitrogens is 2. The monoisotopic (exact) mass is 288 g/mol. The predicted molar refractivity (Wildman–Crippen MR) is 72.1 cm³/mol. The second-order valence-electron chi connectivity index (χ2n) is 5.24. The van der Waals surface area contributed by atoms with E-state index in [2.05, 4.69) is 5.10 Å². The van der Waals surface area contributed by atoms with Gasteiger partial charge >= 0.3 is 0 Å². The van der Waals surface area contributed by atoms with Gasteiger partial charge in [0.05, 0.1) is 23.4 Å². The van der Waals surface area contributed by atoms with E-state index < -0.39 is 18.4 Å². The summed E-state index contributed by atoms with van der Waals surface area (Å²) in [7, 11) is 0. The normalized spacial score (nSPS) is 28.2. The fourth-order valence-electron chi connectivity index (χ4n) is 2.93. The Kier molecular flexibility index (Phi) is 2.60. The highest BCUT2D eigenvalue weighted by molar-refractivity contribution is 5.83. The Morgan fingerprint density at radius 2 is 1.90 bits per heavy atom. The van der Waals surface area contributed by atoms with Gasteiger partial charge in [-0.2, -0.15) is 0 Å². The molecule has 0 aliphatic carbocycles. The minimum Gasteiger partial charge on any atom is -0.343 e. The molecule has 2 aliphatic heterocycles. The molecule has 7 heteroatoms. The fourth-order valence-corrected chi connectivity index (χ4v) is 2.93. The Balaban J connectivity index is 1.91. The molecule has 108 valence electrons. The van der Waals surface area contributed by atoms with Crippen LogP contribution in [0.15, 0.2) is 33.9 Å². The van der Waals surface area contributed by atoms with Gasteiger partial charge in [0.15, 0.2) is 5.78 Å². The van der Waals surface area contributed by atoms with Crippen LogP contribution in [0.1, 0.15) is 12.5 Å². The van der Waals surface area contributed by atoms with Gasteiger partial charge in [0, 0.05) is 6.42 Å². The Morgan fingerprint density at radius 1 is 1.14 bits per heavy atom. The van der Waals surface area contributed by atoms with Crippen molar-refractivity contribution in [2.24, 2.45) is 0 Å². The maximum atomic E-state index is 12.5. The Hall–Kier alpha value is -2.25. The minimum atomic E-state index is -0.825. The molecule has 2 bridgehead atoms. The summed E-state index contributed by atoms with van der Waals surface area (Å²) in [6.45, 7) is 0.238. The van der Waals surface area contributed by atoms with Crippen molar-refractivity contribution in [3.05, 3.63) is 45.0 Å². The molecule has 1 aromatic heterocycles. The number of ether oxygens (including phenoxy) is 2. The standard InChI is InChI=1S/C14H12N2O5/c17-10-5-9(11-6-20-14(10)21-11)16-13(19)8-4-2-1-3-7(8)12(18)15-16/h1-4,9,11,14H,5-6H2,(H,15,18)/t9-,11?,14+/m0/s1. The zero-order valence-corrected chi connectivity index (χ0v) is 10.9. The molecule has 2 saturated heterocycles. The third-order valence-electron chi connectivity index (χ3n) is 3.99. The van der Waals surface area contributed by atoms with Crippen molar-refractivity contribution in [2.45, 2.75) is 24.9 Å². The SMILES string of the molecule is O=C1C[C@H](n2[nH]c(=O)c3ccccc3c2=O)C2CO[C@@H]1O2. The zero-order chi connectivity index (χ0) is 14.6. The van der Waals surface area contributed by atoms with E-state index in [1.807, 2.05) is 0 Å². The smallest absolute Gasteiger partial charge is 0.273 e. The number of H-pyrrole nitrogens is 1. The second kappa shape index (κ2) is 4.37. The van der Waals surface area contributed by atoms with Gasteiger partial charge in [0.2, 0.25) is 6.29 Å². The van der Waals surface area contributed by atoms with E-state index in [9.17, 15) is 14.4 Å². The lowest BCUT2D eigenvalue weighted by Crippen LogP contribution is -2.43. The molecule has 0 saturated carbocycles. The average molecular weight is 288 g/mol. The number of rotatable bonds is 1. The molecule has 2 aromatic rings. The van der Waals surface area contributed by atoms with E-state index in [0.717, 1.165) is 0 Å². The van der Waals surface area contributed by atoms with Crippen molar-refractivity contribution >= 4 is 16.6 Å². The maximum absolute atomic E-state index is 12.5. The van der Waals surface area contributed by atoms with Gasteiger partial charge < -0.3 is 9.47 Å². The topological polar surface area (TPSA) is 90.4 Å². The van der Waals surface area contributed by atoms with Gasteiger partial charge in [-0.05, 0) is 12.1 Å². The summed E-state index contributed by atoms with van der Waals surface area (Å²) in [5, 5.41) is 3.22. The highest BCUT2D eigenvalue weighted by Crippen LogP contribution is 2.31. The first-order valence-corrected chi connectivity index (χ1v) is 6.68. The summed E-state index contributed by atoms with van der Waals surface area (Å²) in [5.74, 6) is -0.213. The summed E-state index contributed by atoms with van der Waals surface area (Å²) in [6.07, 6.45) is -1.11. The number of carbonyl (C=O) groups is 1. The second-order valence-corrected chi connectivity index (χ2v) is 5.24. The molecule has 21 heavy (non-hydrogen) atoms. The maximum Gasteiger partial charge on any atom is 0.273 e. The van der Waals surface area contributed by atoms with Crippen LogP contribution in [0.4, 0.5) is 0 Å². The van der Waals surface area contributed by atoms with Crippen molar-refractivity contribution in [3.63, 3.8) is 0 Å². The van der Waals surface area contributed by atoms with Crippen LogP contribution in [0.3, 0.4) is 0 Å². The minimum absolute atomic E-state index is 0.115. The lowest BCUT2D eigenvalue weighted by molar-refractivity contribution is -0.156. The predicted octanol–water partition coefficient (Wildman–Crippen LogP) is -0.0548. The van der Waals surface area contributed by atoms with Gasteiger partial charge in [-0.3, -0.25) is 19.5 Å². The number of aromatic amines is 1. The summed E-state index contributed by atoms with van der Waals surface area (Å²) in [4.78, 5) is 36.5. The molecule has 0 radical (unpaired) electrons. The largest absolute Gasteiger partial charge is 0.343 e. The van der Waals surface area contributed by atoms with Crippen LogP contribution in [0.25, 0.3) is 10.8 Å². The number of ketones is 1. The number of hydrogen-bond donors (Lipinski definition) is 1. The summed E-state index contributed by atoms with van der Waals surface area (Å²) < 4.78 is 11.9. The molecule has 0 spiro atoms. The molecule has 2 aliphatic rings. The highest BCUT2D eigenvalue weighted by atomic mass is 16.7. The molecule has 4 rings (SSSR count). The molecule has 2 fully saturated rings. The third kappa shape index (κ3) is 1.78. The van der Waals surface area contributed by atoms with E-state index in [1.165, 1.54) is 4.68 Å². The van der Waals surface area contributed by atoms with Crippen LogP contribution < -0.4 is 11.1 Å². The van der Waals surface area contributed by atoms with Crippen molar-refractivity contribution in [3.8, 4) is 0 Å². The lowest BCUT2D eigenvalue weighted by Gasteiger charge is -2.27. The van der Waals surface area contributed by atoms with Gasteiger partial charge in [-0.1, -0.05) is 12.1 Å². The summed E-state index contributed by atoms with van der Waals surface area (Å²) in [5.41, 5.74) is -0.698. The van der Waals surface area contributed by atoms with Crippen molar-refractivity contribution < 1.29 is 14.3 Å². The molecule has 1 unspecified atom stereocenters. The number of nitrogens with zero attached hydrogens (tertiary/aromatic N) is 1. The lowest BCUT2D eigenvalue weighted by atomic mass is 10.0. The summed E-state index contributed by atoms with van der Waals surface area (Å²) >= 11 is 0. The first-order valence-electron chi connectivity index (χ1n) is 6.68. The number of fused-ring (bicyclic) bond motifs is 3. The van der Waals surface area contributed by atoms with Gasteiger partial charge in [0.25, 0.3) is 11.1 Å². The number of nitrogens with one attached hydrogen (secondary N) is 1. The van der Waals surface area contributed by atoms with Gasteiger partial charge in [-0.15, -0.1) is 0 Å². The molecule has 0 amide bonds. The Labute approximate surface area is 118 Å². The van der Waals surface area contributed by atoms with Crippen LogP contribution in [0, 0.1) is 0 Å².